The van der Waals surface area contributed by atoms with Crippen molar-refractivity contribution in [3.05, 3.63) is 5.82 Å². The number of nitrogens with zero attached hydrogens (tertiary/aromatic N) is 4. The smallest absolute Gasteiger partial charge is 0.305 e. The monoisotopic (exact) mass is 252 g/mol. The zero-order chi connectivity index (χ0) is 13.1. The molecule has 3 atom stereocenters. The average Bonchev–Trinajstić information content (AvgIpc) is 2.93. The van der Waals surface area contributed by atoms with Crippen LogP contribution in [0.2, 0.25) is 0 Å². The molecule has 0 bridgehead atoms. The van der Waals surface area contributed by atoms with Crippen LogP contribution in [0.4, 0.5) is 0 Å². The first kappa shape index (κ1) is 13.0. The van der Waals surface area contributed by atoms with Crippen LogP contribution < -0.4 is 0 Å². The Morgan fingerprint density at radius 2 is 2.33 bits per heavy atom. The zero-order valence-electron chi connectivity index (χ0n) is 10.9. The number of carboxylic acids is 1. The zero-order valence-corrected chi connectivity index (χ0v) is 10.9. The number of rotatable bonds is 5. The van der Waals surface area contributed by atoms with Crippen LogP contribution in [0.1, 0.15) is 63.7 Å². The Hall–Kier alpha value is -1.46. The Kier molecular flexibility index (Phi) is 3.93. The molecule has 18 heavy (non-hydrogen) atoms. The van der Waals surface area contributed by atoms with Crippen LogP contribution in [0, 0.1) is 5.92 Å². The molecule has 6 nitrogen and oxygen atoms in total. The molecule has 0 radical (unpaired) electrons. The largest absolute Gasteiger partial charge is 0.481 e. The SMILES string of the molecule is CCC(CC(=O)O)n1nnnc1C1CCCC1C. The van der Waals surface area contributed by atoms with Crippen molar-refractivity contribution in [3.8, 4) is 0 Å². The molecule has 0 aliphatic heterocycles. The molecule has 2 rings (SSSR count). The highest BCUT2D eigenvalue weighted by Crippen LogP contribution is 2.38. The van der Waals surface area contributed by atoms with Gasteiger partial charge in [0.15, 0.2) is 5.82 Å². The summed E-state index contributed by atoms with van der Waals surface area (Å²) in [5.41, 5.74) is 0. The maximum atomic E-state index is 10.9. The van der Waals surface area contributed by atoms with Gasteiger partial charge in [0.1, 0.15) is 0 Å². The Morgan fingerprint density at radius 1 is 1.56 bits per heavy atom. The predicted molar refractivity (Wildman–Crippen MR) is 65.2 cm³/mol. The molecule has 6 heteroatoms. The molecule has 1 N–H and O–H groups in total. The fourth-order valence-corrected chi connectivity index (χ4v) is 2.84. The molecule has 0 spiro atoms. The number of tetrazole rings is 1. The van der Waals surface area contributed by atoms with Crippen molar-refractivity contribution in [2.24, 2.45) is 5.92 Å². The Bertz CT molecular complexity index is 418. The first-order valence-electron chi connectivity index (χ1n) is 6.63. The highest BCUT2D eigenvalue weighted by Gasteiger charge is 2.31. The summed E-state index contributed by atoms with van der Waals surface area (Å²) >= 11 is 0. The van der Waals surface area contributed by atoms with Gasteiger partial charge in [-0.15, -0.1) is 5.10 Å². The molecule has 1 fully saturated rings. The molecule has 1 aromatic rings. The number of hydrogen-bond donors (Lipinski definition) is 1. The van der Waals surface area contributed by atoms with Crippen LogP contribution in [-0.2, 0) is 4.79 Å². The third kappa shape index (κ3) is 2.52. The number of aromatic nitrogens is 4. The van der Waals surface area contributed by atoms with E-state index in [1.807, 2.05) is 6.92 Å². The van der Waals surface area contributed by atoms with Crippen molar-refractivity contribution in [2.45, 2.75) is 57.9 Å². The summed E-state index contributed by atoms with van der Waals surface area (Å²) in [5.74, 6) is 1.02. The van der Waals surface area contributed by atoms with Crippen molar-refractivity contribution >= 4 is 5.97 Å². The second kappa shape index (κ2) is 5.46. The molecule has 0 aromatic carbocycles. The molecular weight excluding hydrogens is 232 g/mol. The molecule has 3 unspecified atom stereocenters. The van der Waals surface area contributed by atoms with Gasteiger partial charge in [-0.05, 0) is 35.6 Å². The van der Waals surface area contributed by atoms with E-state index < -0.39 is 5.97 Å². The van der Waals surface area contributed by atoms with Gasteiger partial charge >= 0.3 is 5.97 Å². The van der Waals surface area contributed by atoms with Gasteiger partial charge in [-0.2, -0.15) is 0 Å². The normalized spacial score (nSPS) is 25.2. The standard InChI is InChI=1S/C12H20N4O2/c1-3-9(7-11(17)18)16-12(13-14-15-16)10-6-4-5-8(10)2/h8-10H,3-7H2,1-2H3,(H,17,18). The van der Waals surface area contributed by atoms with E-state index in [0.29, 0.717) is 11.8 Å². The molecule has 0 amide bonds. The maximum absolute atomic E-state index is 10.9. The summed E-state index contributed by atoms with van der Waals surface area (Å²) in [6, 6.07) is -0.139. The Morgan fingerprint density at radius 3 is 2.89 bits per heavy atom. The lowest BCUT2D eigenvalue weighted by molar-refractivity contribution is -0.138. The quantitative estimate of drug-likeness (QED) is 0.866. The van der Waals surface area contributed by atoms with Gasteiger partial charge in [0.25, 0.3) is 0 Å². The van der Waals surface area contributed by atoms with Crippen LogP contribution in [0.25, 0.3) is 0 Å². The van der Waals surface area contributed by atoms with Gasteiger partial charge < -0.3 is 5.11 Å². The molecule has 1 aromatic heterocycles. The van der Waals surface area contributed by atoms with E-state index in [2.05, 4.69) is 22.4 Å². The Labute approximate surface area is 106 Å². The molecule has 100 valence electrons. The van der Waals surface area contributed by atoms with Gasteiger partial charge in [0, 0.05) is 5.92 Å². The van der Waals surface area contributed by atoms with Crippen molar-refractivity contribution < 1.29 is 9.90 Å². The van der Waals surface area contributed by atoms with Crippen molar-refractivity contribution in [1.82, 2.24) is 20.2 Å². The third-order valence-electron chi connectivity index (χ3n) is 3.94. The molecule has 0 saturated heterocycles. The van der Waals surface area contributed by atoms with Crippen LogP contribution in [0.15, 0.2) is 0 Å². The first-order chi connectivity index (χ1) is 8.63. The highest BCUT2D eigenvalue weighted by atomic mass is 16.4. The minimum Gasteiger partial charge on any atom is -0.481 e. The molecule has 1 aliphatic rings. The molecule has 1 saturated carbocycles. The van der Waals surface area contributed by atoms with Crippen LogP contribution >= 0.6 is 0 Å². The Balaban J connectivity index is 2.22. The van der Waals surface area contributed by atoms with Crippen LogP contribution in [0.3, 0.4) is 0 Å². The van der Waals surface area contributed by atoms with Crippen molar-refractivity contribution in [1.29, 1.82) is 0 Å². The van der Waals surface area contributed by atoms with Gasteiger partial charge in [-0.1, -0.05) is 20.3 Å². The second-order valence-electron chi connectivity index (χ2n) is 5.16. The van der Waals surface area contributed by atoms with E-state index >= 15 is 0 Å². The molecular formula is C12H20N4O2. The summed E-state index contributed by atoms with van der Waals surface area (Å²) in [7, 11) is 0. The van der Waals surface area contributed by atoms with Crippen LogP contribution in [0.5, 0.6) is 0 Å². The van der Waals surface area contributed by atoms with E-state index in [1.54, 1.807) is 4.68 Å². The van der Waals surface area contributed by atoms with E-state index in [4.69, 9.17) is 5.11 Å². The van der Waals surface area contributed by atoms with Gasteiger partial charge in [0.05, 0.1) is 12.5 Å². The minimum absolute atomic E-state index is 0.0790. The molecule has 1 heterocycles. The third-order valence-corrected chi connectivity index (χ3v) is 3.94. The first-order valence-corrected chi connectivity index (χ1v) is 6.63. The van der Waals surface area contributed by atoms with Gasteiger partial charge in [0.2, 0.25) is 0 Å². The summed E-state index contributed by atoms with van der Waals surface area (Å²) in [6.45, 7) is 4.19. The fraction of sp³-hybridized carbons (Fsp3) is 0.833. The average molecular weight is 252 g/mol. The van der Waals surface area contributed by atoms with E-state index in [-0.39, 0.29) is 12.5 Å². The summed E-state index contributed by atoms with van der Waals surface area (Å²) < 4.78 is 1.74. The lowest BCUT2D eigenvalue weighted by atomic mass is 9.97. The second-order valence-corrected chi connectivity index (χ2v) is 5.16. The van der Waals surface area contributed by atoms with E-state index in [9.17, 15) is 4.79 Å². The lowest BCUT2D eigenvalue weighted by Gasteiger charge is -2.19. The van der Waals surface area contributed by atoms with Gasteiger partial charge in [-0.25, -0.2) is 4.68 Å². The summed E-state index contributed by atoms with van der Waals surface area (Å²) in [5, 5.41) is 20.8. The number of carboxylic acid groups (broad SMARTS) is 1. The van der Waals surface area contributed by atoms with Crippen LogP contribution in [-0.4, -0.2) is 31.3 Å². The predicted octanol–water partition coefficient (Wildman–Crippen LogP) is 2.00. The van der Waals surface area contributed by atoms with E-state index in [0.717, 1.165) is 18.7 Å². The van der Waals surface area contributed by atoms with E-state index in [1.165, 1.54) is 12.8 Å². The number of aliphatic carboxylic acids is 1. The van der Waals surface area contributed by atoms with Crippen molar-refractivity contribution in [3.63, 3.8) is 0 Å². The fourth-order valence-electron chi connectivity index (χ4n) is 2.84. The summed E-state index contributed by atoms with van der Waals surface area (Å²) in [6.07, 6.45) is 4.31. The minimum atomic E-state index is -0.803. The number of hydrogen-bond acceptors (Lipinski definition) is 4. The lowest BCUT2D eigenvalue weighted by Crippen LogP contribution is -2.19. The maximum Gasteiger partial charge on any atom is 0.305 e. The molecule has 1 aliphatic carbocycles. The van der Waals surface area contributed by atoms with Gasteiger partial charge in [-0.3, -0.25) is 4.79 Å². The number of carbonyl (C=O) groups is 1. The highest BCUT2D eigenvalue weighted by molar-refractivity contribution is 5.67. The summed E-state index contributed by atoms with van der Waals surface area (Å²) in [4.78, 5) is 10.9. The van der Waals surface area contributed by atoms with Crippen molar-refractivity contribution in [2.75, 3.05) is 0 Å². The topological polar surface area (TPSA) is 80.9 Å².